The highest BCUT2D eigenvalue weighted by atomic mass is 35.5. The van der Waals surface area contributed by atoms with Gasteiger partial charge in [-0.05, 0) is 29.7 Å². The van der Waals surface area contributed by atoms with Gasteiger partial charge in [0.05, 0.1) is 15.6 Å². The fourth-order valence-electron chi connectivity index (χ4n) is 3.61. The van der Waals surface area contributed by atoms with Crippen LogP contribution in [0.25, 0.3) is 16.5 Å². The largest absolute Gasteiger partial charge is 0.387 e. The Morgan fingerprint density at radius 2 is 2.20 bits per heavy atom. The molecule has 4 rings (SSSR count). The lowest BCUT2D eigenvalue weighted by Crippen LogP contribution is -2.37. The molecule has 1 amide bonds. The van der Waals surface area contributed by atoms with Gasteiger partial charge in [0.25, 0.3) is 0 Å². The number of carbonyl (C=O) groups is 1. The number of fused-ring (bicyclic) bond motifs is 3. The van der Waals surface area contributed by atoms with Crippen LogP contribution in [0, 0.1) is 0 Å². The van der Waals surface area contributed by atoms with Crippen LogP contribution in [0.4, 0.5) is 0 Å². The van der Waals surface area contributed by atoms with Crippen LogP contribution < -0.4 is 0 Å². The molecule has 3 heterocycles. The van der Waals surface area contributed by atoms with E-state index in [9.17, 15) is 9.90 Å². The topological polar surface area (TPSA) is 68.7 Å². The Labute approximate surface area is 154 Å². The average molecular weight is 378 g/mol. The van der Waals surface area contributed by atoms with E-state index in [1.54, 1.807) is 4.90 Å². The Kier molecular flexibility index (Phi) is 4.31. The van der Waals surface area contributed by atoms with Crippen LogP contribution in [0.2, 0.25) is 10.0 Å². The summed E-state index contributed by atoms with van der Waals surface area (Å²) in [5, 5.41) is 11.2. The number of hydrogen-bond acceptors (Lipinski definition) is 3. The lowest BCUT2D eigenvalue weighted by atomic mass is 9.93. The van der Waals surface area contributed by atoms with Crippen LogP contribution in [0.15, 0.2) is 17.1 Å². The number of carbonyl (C=O) groups excluding carboxylic acids is 1. The van der Waals surface area contributed by atoms with Gasteiger partial charge >= 0.3 is 0 Å². The van der Waals surface area contributed by atoms with Gasteiger partial charge in [-0.15, -0.1) is 0 Å². The molecule has 25 heavy (non-hydrogen) atoms. The summed E-state index contributed by atoms with van der Waals surface area (Å²) >= 11 is 12.8. The summed E-state index contributed by atoms with van der Waals surface area (Å²) < 4.78 is 0. The zero-order valence-electron chi connectivity index (χ0n) is 13.5. The maximum atomic E-state index is 11.9. The first-order valence-electron chi connectivity index (χ1n) is 8.19. The summed E-state index contributed by atoms with van der Waals surface area (Å²) in [4.78, 5) is 21.3. The van der Waals surface area contributed by atoms with E-state index in [4.69, 9.17) is 23.2 Å². The van der Waals surface area contributed by atoms with Crippen molar-refractivity contribution < 1.29 is 9.90 Å². The van der Waals surface area contributed by atoms with Gasteiger partial charge in [-0.25, -0.2) is 0 Å². The Morgan fingerprint density at radius 1 is 1.36 bits per heavy atom. The fourth-order valence-corrected chi connectivity index (χ4v) is 4.01. The molecule has 0 unspecified atom stereocenters. The summed E-state index contributed by atoms with van der Waals surface area (Å²) in [7, 11) is 0. The minimum absolute atomic E-state index is 0.259. The Balaban J connectivity index is 1.93. The molecule has 0 aliphatic carbocycles. The van der Waals surface area contributed by atoms with Gasteiger partial charge in [-0.3, -0.25) is 9.79 Å². The minimum Gasteiger partial charge on any atom is -0.387 e. The number of halogens is 2. The maximum Gasteiger partial charge on any atom is 0.248 e. The van der Waals surface area contributed by atoms with Crippen LogP contribution >= 0.6 is 23.2 Å². The molecular weight excluding hydrogens is 361 g/mol. The molecule has 0 atom stereocenters. The van der Waals surface area contributed by atoms with E-state index in [0.29, 0.717) is 29.6 Å². The maximum absolute atomic E-state index is 11.9. The van der Waals surface area contributed by atoms with E-state index in [-0.39, 0.29) is 5.91 Å². The highest BCUT2D eigenvalue weighted by Gasteiger charge is 2.27. The molecule has 2 aliphatic heterocycles. The number of amides is 1. The molecular formula is C18H17Cl2N3O2. The standard InChI is InChI=1S/C18H17Cl2N3O2/c19-13-7-11(10-1-4-21-5-2-10)16-12-8-23(15(25)9-24)6-3-14(12)22-18(16)17(13)20/h1,4,7,22,24H,2-3,5-6,8-9H2. The van der Waals surface area contributed by atoms with Gasteiger partial charge in [0.15, 0.2) is 0 Å². The van der Waals surface area contributed by atoms with Crippen LogP contribution in [0.1, 0.15) is 23.2 Å². The SMILES string of the molecule is O=C(CO)N1CCc2[nH]c3c(Cl)c(Cl)cc(C4=CC=NCC4)c3c2C1. The van der Waals surface area contributed by atoms with Crippen LogP contribution in [0.5, 0.6) is 0 Å². The summed E-state index contributed by atoms with van der Waals surface area (Å²) in [5.41, 5.74) is 5.14. The van der Waals surface area contributed by atoms with Crippen molar-refractivity contribution in [1.29, 1.82) is 0 Å². The molecule has 2 N–H and O–H groups in total. The van der Waals surface area contributed by atoms with E-state index in [0.717, 1.165) is 46.3 Å². The third kappa shape index (κ3) is 2.76. The molecule has 0 saturated heterocycles. The zero-order valence-corrected chi connectivity index (χ0v) is 15.0. The first-order valence-corrected chi connectivity index (χ1v) is 8.95. The molecule has 130 valence electrons. The van der Waals surface area contributed by atoms with Crippen molar-refractivity contribution in [3.05, 3.63) is 39.0 Å². The first-order chi connectivity index (χ1) is 12.1. The fraction of sp³-hybridized carbons (Fsp3) is 0.333. The number of hydrogen-bond donors (Lipinski definition) is 2. The van der Waals surface area contributed by atoms with E-state index in [1.807, 2.05) is 18.4 Å². The van der Waals surface area contributed by atoms with Crippen molar-refractivity contribution in [3.8, 4) is 0 Å². The number of benzene rings is 1. The van der Waals surface area contributed by atoms with Crippen molar-refractivity contribution in [3.63, 3.8) is 0 Å². The van der Waals surface area contributed by atoms with Gasteiger partial charge in [0.2, 0.25) is 5.91 Å². The van der Waals surface area contributed by atoms with Gasteiger partial charge in [0, 0.05) is 48.9 Å². The molecule has 0 radical (unpaired) electrons. The predicted molar refractivity (Wildman–Crippen MR) is 100 cm³/mol. The lowest BCUT2D eigenvalue weighted by Gasteiger charge is -2.27. The van der Waals surface area contributed by atoms with Crippen LogP contribution in [0.3, 0.4) is 0 Å². The second-order valence-corrected chi connectivity index (χ2v) is 7.06. The number of aliphatic hydroxyl groups excluding tert-OH is 1. The summed E-state index contributed by atoms with van der Waals surface area (Å²) in [6.45, 7) is 1.31. The average Bonchev–Trinajstić information content (AvgIpc) is 3.03. The third-order valence-electron chi connectivity index (χ3n) is 4.87. The predicted octanol–water partition coefficient (Wildman–Crippen LogP) is 3.21. The highest BCUT2D eigenvalue weighted by molar-refractivity contribution is 6.45. The number of aliphatic hydroxyl groups is 1. The molecule has 0 saturated carbocycles. The van der Waals surface area contributed by atoms with Crippen molar-refractivity contribution in [1.82, 2.24) is 9.88 Å². The quantitative estimate of drug-likeness (QED) is 0.843. The number of aromatic nitrogens is 1. The highest BCUT2D eigenvalue weighted by Crippen LogP contribution is 2.41. The molecule has 2 aromatic rings. The van der Waals surface area contributed by atoms with Crippen LogP contribution in [-0.4, -0.2) is 46.8 Å². The molecule has 0 spiro atoms. The van der Waals surface area contributed by atoms with Gasteiger partial charge in [-0.1, -0.05) is 23.2 Å². The van der Waals surface area contributed by atoms with Crippen LogP contribution in [-0.2, 0) is 17.8 Å². The number of aliphatic imine (C=N–C) groups is 1. The zero-order chi connectivity index (χ0) is 17.6. The summed E-state index contributed by atoms with van der Waals surface area (Å²) in [6, 6.07) is 1.90. The molecule has 1 aromatic heterocycles. The number of H-pyrrole nitrogens is 1. The van der Waals surface area contributed by atoms with Crippen molar-refractivity contribution in [2.45, 2.75) is 19.4 Å². The number of dihydropyridines is 1. The number of rotatable bonds is 2. The number of nitrogens with zero attached hydrogens (tertiary/aromatic N) is 2. The number of allylic oxidation sites excluding steroid dienone is 1. The first kappa shape index (κ1) is 16.6. The minimum atomic E-state index is -0.473. The molecule has 0 fully saturated rings. The molecule has 2 aliphatic rings. The van der Waals surface area contributed by atoms with E-state index < -0.39 is 6.61 Å². The van der Waals surface area contributed by atoms with Gasteiger partial charge in [0.1, 0.15) is 6.61 Å². The van der Waals surface area contributed by atoms with Gasteiger partial charge in [-0.2, -0.15) is 0 Å². The smallest absolute Gasteiger partial charge is 0.248 e. The van der Waals surface area contributed by atoms with Crippen molar-refractivity contribution in [2.75, 3.05) is 19.7 Å². The van der Waals surface area contributed by atoms with Crippen molar-refractivity contribution >= 4 is 51.8 Å². The monoisotopic (exact) mass is 377 g/mol. The number of aromatic amines is 1. The Bertz CT molecular complexity index is 930. The van der Waals surface area contributed by atoms with E-state index >= 15 is 0 Å². The van der Waals surface area contributed by atoms with E-state index in [1.165, 1.54) is 0 Å². The van der Waals surface area contributed by atoms with Gasteiger partial charge < -0.3 is 15.0 Å². The lowest BCUT2D eigenvalue weighted by molar-refractivity contribution is -0.135. The second-order valence-electron chi connectivity index (χ2n) is 6.27. The second kappa shape index (κ2) is 6.48. The summed E-state index contributed by atoms with van der Waals surface area (Å²) in [5.74, 6) is -0.259. The molecule has 1 aromatic carbocycles. The normalized spacial score (nSPS) is 16.9. The molecule has 7 heteroatoms. The van der Waals surface area contributed by atoms with E-state index in [2.05, 4.69) is 9.98 Å². The number of nitrogens with one attached hydrogen (secondary N) is 1. The molecule has 0 bridgehead atoms. The molecule has 5 nitrogen and oxygen atoms in total. The summed E-state index contributed by atoms with van der Waals surface area (Å²) in [6.07, 6.45) is 5.35. The Hall–Kier alpha value is -1.82. The van der Waals surface area contributed by atoms with Crippen molar-refractivity contribution in [2.24, 2.45) is 4.99 Å². The Morgan fingerprint density at radius 3 is 2.92 bits per heavy atom. The third-order valence-corrected chi connectivity index (χ3v) is 5.65.